The fraction of sp³-hybridized carbons (Fsp3) is 0.100. The van der Waals surface area contributed by atoms with Gasteiger partial charge in [0, 0.05) is 22.3 Å². The van der Waals surface area contributed by atoms with E-state index in [1.165, 1.54) is 12.1 Å². The van der Waals surface area contributed by atoms with E-state index < -0.39 is 12.4 Å². The van der Waals surface area contributed by atoms with Gasteiger partial charge in [-0.1, -0.05) is 6.07 Å². The number of aryl methyl sites for hydroxylation is 1. The van der Waals surface area contributed by atoms with Crippen LogP contribution in [0.5, 0.6) is 0 Å². The van der Waals surface area contributed by atoms with Gasteiger partial charge in [0.2, 0.25) is 0 Å². The minimum atomic E-state index is -2.44. The van der Waals surface area contributed by atoms with Crippen LogP contribution in [0.15, 0.2) is 29.3 Å². The molecule has 3 rings (SSSR count). The summed E-state index contributed by atoms with van der Waals surface area (Å²) in [4.78, 5) is 16.4. The van der Waals surface area contributed by atoms with E-state index in [9.17, 15) is 4.79 Å². The third-order valence-electron chi connectivity index (χ3n) is 2.22. The Labute approximate surface area is 150 Å². The molecular formula is C10H7KN6O. The molecular weight excluding hydrogens is 259 g/mol. The summed E-state index contributed by atoms with van der Waals surface area (Å²) in [5, 5.41) is 13.7. The minimum Gasteiger partial charge on any atom is -0.330 e. The zero-order valence-electron chi connectivity index (χ0n) is 13.3. The third-order valence-corrected chi connectivity index (χ3v) is 2.22. The van der Waals surface area contributed by atoms with Crippen molar-refractivity contribution < 1.29 is 56.9 Å². The standard InChI is InChI=1S/C10H7N6O.K/c1-6-3-2-4-16-9(6)11-5-7(10(16)17)8-12-14-15-13-8;/h2-5H,1H3;/q-1;+1/i1D3,4D;. The summed E-state index contributed by atoms with van der Waals surface area (Å²) in [6, 6.07) is 2.49. The van der Waals surface area contributed by atoms with Crippen LogP contribution in [0.2, 0.25) is 0 Å². The molecule has 18 heavy (non-hydrogen) atoms. The summed E-state index contributed by atoms with van der Waals surface area (Å²) < 4.78 is 31.1. The molecule has 0 fully saturated rings. The second kappa shape index (κ2) is 5.37. The van der Waals surface area contributed by atoms with E-state index in [1.54, 1.807) is 0 Å². The smallest absolute Gasteiger partial charge is 0.330 e. The first kappa shape index (κ1) is 9.05. The Balaban J connectivity index is 0.00000176. The van der Waals surface area contributed by atoms with Crippen molar-refractivity contribution in [2.24, 2.45) is 0 Å². The molecule has 0 unspecified atom stereocenters. The Morgan fingerprint density at radius 3 is 3.17 bits per heavy atom. The molecule has 0 N–H and O–H groups in total. The molecule has 0 spiro atoms. The summed E-state index contributed by atoms with van der Waals surface area (Å²) in [6.07, 6.45) is 0.968. The molecule has 0 saturated carbocycles. The van der Waals surface area contributed by atoms with Crippen molar-refractivity contribution in [3.63, 3.8) is 0 Å². The maximum atomic E-state index is 12.4. The summed E-state index contributed by atoms with van der Waals surface area (Å²) in [7, 11) is 0. The second-order valence-corrected chi connectivity index (χ2v) is 3.21. The molecule has 0 aromatic carbocycles. The van der Waals surface area contributed by atoms with Crippen molar-refractivity contribution >= 4 is 5.65 Å². The molecule has 0 bridgehead atoms. The Morgan fingerprint density at radius 1 is 1.56 bits per heavy atom. The van der Waals surface area contributed by atoms with E-state index in [1.807, 2.05) is 0 Å². The fourth-order valence-corrected chi connectivity index (χ4v) is 1.44. The quantitative estimate of drug-likeness (QED) is 0.433. The number of aromatic nitrogens is 6. The van der Waals surface area contributed by atoms with E-state index in [0.29, 0.717) is 0 Å². The Bertz CT molecular complexity index is 875. The number of nitrogens with zero attached hydrogens (tertiary/aromatic N) is 6. The number of tetrazole rings is 1. The first-order valence-corrected chi connectivity index (χ1v) is 4.60. The van der Waals surface area contributed by atoms with Crippen molar-refractivity contribution in [1.82, 2.24) is 30.0 Å². The van der Waals surface area contributed by atoms with Crippen LogP contribution >= 0.6 is 0 Å². The first-order chi connectivity index (χ1) is 9.89. The monoisotopic (exact) mass is 270 g/mol. The van der Waals surface area contributed by atoms with Gasteiger partial charge in [0.1, 0.15) is 5.65 Å². The predicted molar refractivity (Wildman–Crippen MR) is 58.3 cm³/mol. The van der Waals surface area contributed by atoms with Crippen molar-refractivity contribution in [2.45, 2.75) is 6.85 Å². The average molecular weight is 270 g/mol. The van der Waals surface area contributed by atoms with Crippen molar-refractivity contribution in [1.29, 1.82) is 0 Å². The van der Waals surface area contributed by atoms with Crippen LogP contribution in [-0.4, -0.2) is 24.9 Å². The molecule has 3 heterocycles. The van der Waals surface area contributed by atoms with Gasteiger partial charge in [-0.15, -0.1) is 0 Å². The third kappa shape index (κ3) is 2.17. The molecule has 0 aliphatic heterocycles. The summed E-state index contributed by atoms with van der Waals surface area (Å²) in [5.41, 5.74) is -0.856. The van der Waals surface area contributed by atoms with Crippen molar-refractivity contribution in [3.05, 3.63) is 40.4 Å². The van der Waals surface area contributed by atoms with Crippen LogP contribution in [-0.2, 0) is 0 Å². The number of pyridine rings is 1. The zero-order valence-corrected chi connectivity index (χ0v) is 12.4. The van der Waals surface area contributed by atoms with Crippen LogP contribution in [0.4, 0.5) is 0 Å². The van der Waals surface area contributed by atoms with Gasteiger partial charge >= 0.3 is 51.4 Å². The van der Waals surface area contributed by atoms with Crippen LogP contribution in [0.25, 0.3) is 17.0 Å². The van der Waals surface area contributed by atoms with Crippen molar-refractivity contribution in [2.75, 3.05) is 0 Å². The van der Waals surface area contributed by atoms with Crippen LogP contribution in [0.1, 0.15) is 11.0 Å². The summed E-state index contributed by atoms with van der Waals surface area (Å²) >= 11 is 0. The van der Waals surface area contributed by atoms with E-state index in [-0.39, 0.29) is 80.2 Å². The number of hydrogen-bond donors (Lipinski definition) is 0. The molecule has 0 radical (unpaired) electrons. The fourth-order valence-electron chi connectivity index (χ4n) is 1.44. The van der Waals surface area contributed by atoms with E-state index in [2.05, 4.69) is 25.6 Å². The van der Waals surface area contributed by atoms with Gasteiger partial charge in [0.15, 0.2) is 0 Å². The van der Waals surface area contributed by atoms with E-state index in [4.69, 9.17) is 5.48 Å². The predicted octanol–water partition coefficient (Wildman–Crippen LogP) is -3.18. The normalized spacial score (nSPS) is 14.2. The van der Waals surface area contributed by atoms with Crippen molar-refractivity contribution in [3.8, 4) is 11.4 Å². The van der Waals surface area contributed by atoms with E-state index in [0.717, 1.165) is 10.6 Å². The van der Waals surface area contributed by atoms with Crippen LogP contribution < -0.4 is 62.0 Å². The summed E-state index contributed by atoms with van der Waals surface area (Å²) in [5.74, 6) is -0.0272. The molecule has 0 aliphatic carbocycles. The summed E-state index contributed by atoms with van der Waals surface area (Å²) in [6.45, 7) is -2.44. The molecule has 3 aromatic heterocycles. The Morgan fingerprint density at radius 2 is 2.44 bits per heavy atom. The zero-order chi connectivity index (χ0) is 15.2. The van der Waals surface area contributed by atoms with Gasteiger partial charge in [0.25, 0.3) is 5.56 Å². The second-order valence-electron chi connectivity index (χ2n) is 3.21. The van der Waals surface area contributed by atoms with E-state index >= 15 is 0 Å². The van der Waals surface area contributed by atoms with Gasteiger partial charge in [0.05, 0.1) is 6.93 Å². The molecule has 8 heteroatoms. The maximum absolute atomic E-state index is 12.4. The number of rotatable bonds is 1. The van der Waals surface area contributed by atoms with Gasteiger partial charge in [-0.25, -0.2) is 4.98 Å². The van der Waals surface area contributed by atoms with Crippen LogP contribution in [0, 0.1) is 6.85 Å². The number of hydrogen-bond acceptors (Lipinski definition) is 5. The molecule has 0 amide bonds. The van der Waals surface area contributed by atoms with Crippen LogP contribution in [0.3, 0.4) is 0 Å². The first-order valence-electron chi connectivity index (χ1n) is 6.60. The largest absolute Gasteiger partial charge is 1.00 e. The maximum Gasteiger partial charge on any atom is 1.00 e. The van der Waals surface area contributed by atoms with Gasteiger partial charge in [-0.05, 0) is 18.5 Å². The average Bonchev–Trinajstić information content (AvgIpc) is 2.91. The minimum absolute atomic E-state index is 0. The Hall–Kier alpha value is -0.934. The topological polar surface area (TPSA) is 87.1 Å². The SMILES string of the molecule is [2H]c1ccc(C([2H])([2H])[2H])c2ncc(-c3nnn[n-]3)c(=O)n12.[K+]. The number of fused-ring (bicyclic) bond motifs is 1. The van der Waals surface area contributed by atoms with Gasteiger partial charge in [-0.3, -0.25) is 19.5 Å². The molecule has 7 nitrogen and oxygen atoms in total. The molecule has 0 saturated heterocycles. The van der Waals surface area contributed by atoms with Gasteiger partial charge < -0.3 is 5.10 Å². The van der Waals surface area contributed by atoms with Gasteiger partial charge in [-0.2, -0.15) is 5.21 Å². The molecule has 84 valence electrons. The Kier molecular flexibility index (Phi) is 2.70. The molecule has 0 atom stereocenters. The molecule has 0 aliphatic rings. The molecule has 3 aromatic rings.